The zero-order valence-electron chi connectivity index (χ0n) is 17.2. The third-order valence-electron chi connectivity index (χ3n) is 2.87. The summed E-state index contributed by atoms with van der Waals surface area (Å²) in [5, 5.41) is 0. The summed E-state index contributed by atoms with van der Waals surface area (Å²) >= 11 is 0. The Bertz CT molecular complexity index is 336. The highest BCUT2D eigenvalue weighted by atomic mass is 28.4. The Labute approximate surface area is 211 Å². The molecule has 1 rings (SSSR count). The van der Waals surface area contributed by atoms with Crippen LogP contribution in [0.5, 0.6) is 0 Å². The van der Waals surface area contributed by atoms with Gasteiger partial charge in [-0.25, -0.2) is 0 Å². The Balaban J connectivity index is 1.63. The fraction of sp³-hybridized carbons (Fsp3) is 1.00. The predicted octanol–water partition coefficient (Wildman–Crippen LogP) is -14.2. The molecule has 30 heavy (non-hydrogen) atoms. The van der Waals surface area contributed by atoms with Gasteiger partial charge in [0, 0.05) is 0 Å². The Hall–Kier alpha value is 2.69. The minimum atomic E-state index is -1.39. The normalized spacial score (nSPS) is 23.0. The Morgan fingerprint density at radius 1 is 0.567 bits per heavy atom. The number of hydrogen-bond acceptors (Lipinski definition) is 14. The fourth-order valence-electron chi connectivity index (χ4n) is 1.66. The quantitative estimate of drug-likeness (QED) is 0.0744. The molecule has 29 heteroatoms. The fourth-order valence-corrected chi connectivity index (χ4v) is 33.0. The summed E-state index contributed by atoms with van der Waals surface area (Å²) in [4.78, 5) is 0. The zero-order chi connectivity index (χ0) is 21.4. The van der Waals surface area contributed by atoms with Gasteiger partial charge in [-0.2, -0.15) is 0 Å². The highest BCUT2D eigenvalue weighted by Crippen LogP contribution is 1.99. The molecule has 0 radical (unpaired) electrons. The van der Waals surface area contributed by atoms with Gasteiger partial charge in [0.1, 0.15) is 20.2 Å². The molecule has 14 nitrogen and oxygen atoms in total. The van der Waals surface area contributed by atoms with Crippen LogP contribution in [0.15, 0.2) is 0 Å². The van der Waals surface area contributed by atoms with Crippen molar-refractivity contribution in [1.29, 1.82) is 0 Å². The van der Waals surface area contributed by atoms with Crippen molar-refractivity contribution in [2.75, 3.05) is 0 Å². The maximum Gasteiger partial charge on any atom is 0.302 e. The summed E-state index contributed by atoms with van der Waals surface area (Å²) in [6.45, 7) is 0. The molecule has 0 amide bonds. The van der Waals surface area contributed by atoms with Gasteiger partial charge < -0.3 is 57.6 Å². The second-order valence-electron chi connectivity index (χ2n) is 5.20. The van der Waals surface area contributed by atoms with E-state index in [0.717, 1.165) is 16.2 Å². The first-order chi connectivity index (χ1) is 14.9. The van der Waals surface area contributed by atoms with Crippen LogP contribution in [-0.4, -0.2) is 150 Å². The third-order valence-corrected chi connectivity index (χ3v) is 25.9. The standard InChI is InChI=1S/CH32O14Si15/c16-2-18-4-20-6-22-8-24-10-26-12-27-11-25-9-23-7-21-5-19-3-17-1-30-14-28-13-29-15-30/h30H,1,17-29H2,16H3. The van der Waals surface area contributed by atoms with E-state index in [1.54, 1.807) is 0 Å². The Kier molecular flexibility index (Phi) is 26.9. The van der Waals surface area contributed by atoms with Crippen LogP contribution >= 0.6 is 0 Å². The maximum absolute atomic E-state index is 5.67. The first-order valence-corrected chi connectivity index (χ1v) is 27.0. The molecule has 0 bridgehead atoms. The van der Waals surface area contributed by atoms with Crippen LogP contribution in [0.2, 0.25) is 5.67 Å². The lowest BCUT2D eigenvalue weighted by Crippen LogP contribution is -2.36. The van der Waals surface area contributed by atoms with Crippen molar-refractivity contribution in [3.05, 3.63) is 0 Å². The Morgan fingerprint density at radius 3 is 1.33 bits per heavy atom. The summed E-state index contributed by atoms with van der Waals surface area (Å²) in [6.07, 6.45) is 0. The van der Waals surface area contributed by atoms with Crippen molar-refractivity contribution >= 4 is 150 Å². The molecular weight excluding hydrogens is 657 g/mol. The minimum absolute atomic E-state index is 0.563. The molecule has 0 aromatic rings. The monoisotopic (exact) mass is 688 g/mol. The smallest absolute Gasteiger partial charge is 0.302 e. The van der Waals surface area contributed by atoms with Gasteiger partial charge >= 0.3 is 9.28 Å². The van der Waals surface area contributed by atoms with Crippen molar-refractivity contribution in [2.24, 2.45) is 0 Å². The molecule has 0 aliphatic carbocycles. The molecule has 0 saturated carbocycles. The van der Waals surface area contributed by atoms with Crippen molar-refractivity contribution in [2.45, 2.75) is 5.67 Å². The van der Waals surface area contributed by atoms with Gasteiger partial charge in [0.25, 0.3) is 120 Å². The van der Waals surface area contributed by atoms with Gasteiger partial charge in [-0.05, 0) is 5.67 Å². The molecule has 1 aliphatic rings. The lowest BCUT2D eigenvalue weighted by Gasteiger charge is -2.21. The topological polar surface area (TPSA) is 129 Å². The van der Waals surface area contributed by atoms with E-state index in [9.17, 15) is 0 Å². The Morgan fingerprint density at radius 2 is 0.933 bits per heavy atom. The van der Waals surface area contributed by atoms with Crippen LogP contribution < -0.4 is 0 Å². The van der Waals surface area contributed by atoms with Crippen molar-refractivity contribution in [3.63, 3.8) is 0 Å². The van der Waals surface area contributed by atoms with E-state index < -0.39 is 139 Å². The van der Waals surface area contributed by atoms with E-state index in [2.05, 4.69) is 0 Å². The maximum atomic E-state index is 5.67. The molecule has 180 valence electrons. The van der Waals surface area contributed by atoms with Gasteiger partial charge in [0.05, 0.1) is 0 Å². The molecular formula is CH32O14Si15. The van der Waals surface area contributed by atoms with Crippen molar-refractivity contribution in [3.8, 4) is 0 Å². The first kappa shape index (κ1) is 30.7. The lowest BCUT2D eigenvalue weighted by atomic mass is 11.9. The van der Waals surface area contributed by atoms with Gasteiger partial charge in [-0.3, -0.25) is 0 Å². The van der Waals surface area contributed by atoms with Gasteiger partial charge in [-0.1, -0.05) is 0 Å². The number of rotatable bonds is 23. The zero-order valence-corrected chi connectivity index (χ0v) is 38.7. The number of hydrogen-bond donors (Lipinski definition) is 0. The summed E-state index contributed by atoms with van der Waals surface area (Å²) in [7, 11) is -11.9. The van der Waals surface area contributed by atoms with E-state index in [4.69, 9.17) is 57.6 Å². The third kappa shape index (κ3) is 22.5. The van der Waals surface area contributed by atoms with Gasteiger partial charge in [0.15, 0.2) is 0 Å². The lowest BCUT2D eigenvalue weighted by molar-refractivity contribution is 0.325. The molecule has 1 aliphatic heterocycles. The largest absolute Gasteiger partial charge is 0.449 e. The average Bonchev–Trinajstić information content (AvgIpc) is 2.78. The van der Waals surface area contributed by atoms with Crippen LogP contribution in [-0.2, 0) is 57.6 Å². The summed E-state index contributed by atoms with van der Waals surface area (Å²) in [5.74, 6) is 0. The molecule has 0 aromatic carbocycles. The molecule has 1 fully saturated rings. The highest BCUT2D eigenvalue weighted by Gasteiger charge is 2.17. The minimum Gasteiger partial charge on any atom is -0.449 e. The predicted molar refractivity (Wildman–Crippen MR) is 148 cm³/mol. The van der Waals surface area contributed by atoms with Crippen LogP contribution in [0.4, 0.5) is 0 Å². The average molecular weight is 690 g/mol. The van der Waals surface area contributed by atoms with E-state index >= 15 is 0 Å². The molecule has 0 aromatic heterocycles. The van der Waals surface area contributed by atoms with E-state index in [1.807, 2.05) is 0 Å². The second kappa shape index (κ2) is 26.3. The van der Waals surface area contributed by atoms with E-state index in [1.165, 1.54) is 0 Å². The summed E-state index contributed by atoms with van der Waals surface area (Å²) in [5.41, 5.74) is 1.02. The van der Waals surface area contributed by atoms with Crippen LogP contribution in [0.1, 0.15) is 0 Å². The van der Waals surface area contributed by atoms with Crippen LogP contribution in [0.3, 0.4) is 0 Å². The highest BCUT2D eigenvalue weighted by molar-refractivity contribution is 6.68. The van der Waals surface area contributed by atoms with Crippen LogP contribution in [0.25, 0.3) is 0 Å². The molecule has 1 heterocycles. The van der Waals surface area contributed by atoms with Gasteiger partial charge in [-0.15, -0.1) is 0 Å². The van der Waals surface area contributed by atoms with Crippen molar-refractivity contribution in [1.82, 2.24) is 0 Å². The first-order valence-electron chi connectivity index (χ1n) is 9.00. The van der Waals surface area contributed by atoms with Crippen LogP contribution in [0, 0.1) is 0 Å². The molecule has 0 spiro atoms. The van der Waals surface area contributed by atoms with Gasteiger partial charge in [0.2, 0.25) is 0 Å². The summed E-state index contributed by atoms with van der Waals surface area (Å²) < 4.78 is 75.9. The molecule has 0 atom stereocenters. The second-order valence-corrected chi connectivity index (χ2v) is 34.5. The molecule has 1 saturated heterocycles. The molecule has 0 N–H and O–H groups in total. The van der Waals surface area contributed by atoms with E-state index in [-0.39, 0.29) is 0 Å². The summed E-state index contributed by atoms with van der Waals surface area (Å²) in [6, 6.07) is 0. The SMILES string of the molecule is [SiH3]O[SiH2]O[SiH2]O[SiH2]O[SiH2]O[SiH2]O[SiH2]O[SiH2]O[SiH2]O[SiH2]O[SiH2]O[SiH2]C[SiH]1O[SiH2]O[SiH2]O1. The molecule has 0 unspecified atom stereocenters. The van der Waals surface area contributed by atoms with Crippen molar-refractivity contribution < 1.29 is 57.6 Å². The van der Waals surface area contributed by atoms with E-state index in [0.29, 0.717) is 0 Å².